The maximum Gasteiger partial charge on any atom is 0.254 e. The maximum absolute atomic E-state index is 13.1. The second kappa shape index (κ2) is 6.96. The summed E-state index contributed by atoms with van der Waals surface area (Å²) in [7, 11) is -3.35. The summed E-state index contributed by atoms with van der Waals surface area (Å²) < 4.78 is 23.6. The van der Waals surface area contributed by atoms with E-state index in [9.17, 15) is 13.2 Å². The van der Waals surface area contributed by atoms with Crippen molar-refractivity contribution in [3.63, 3.8) is 0 Å². The third kappa shape index (κ3) is 3.58. The van der Waals surface area contributed by atoms with Gasteiger partial charge in [0.2, 0.25) is 0 Å². The molecule has 1 atom stereocenters. The first-order chi connectivity index (χ1) is 11.9. The number of amides is 1. The first-order valence-electron chi connectivity index (χ1n) is 8.46. The molecule has 1 aromatic heterocycles. The standard InChI is InChI=1S/C19H22N2O3S/c1-3-21(17-11-5-7-14-9-6-12-20-18(14)17)19(22)15-8-4-10-16(13-15)25(2,23)24/h4,6,8-10,12-13,17H,3,5,7,11H2,1-2H3/t17-/m0/s1. The van der Waals surface area contributed by atoms with Crippen LogP contribution in [0.25, 0.3) is 0 Å². The normalized spacial score (nSPS) is 17.0. The highest BCUT2D eigenvalue weighted by Crippen LogP contribution is 2.33. The molecule has 0 bridgehead atoms. The zero-order valence-corrected chi connectivity index (χ0v) is 15.3. The molecule has 0 aliphatic heterocycles. The van der Waals surface area contributed by atoms with Crippen LogP contribution < -0.4 is 0 Å². The topological polar surface area (TPSA) is 67.3 Å². The first-order valence-corrected chi connectivity index (χ1v) is 10.4. The Hall–Kier alpha value is -2.21. The molecule has 2 aromatic rings. The van der Waals surface area contributed by atoms with Gasteiger partial charge in [0, 0.05) is 24.6 Å². The van der Waals surface area contributed by atoms with Crippen LogP contribution in [-0.4, -0.2) is 37.0 Å². The van der Waals surface area contributed by atoms with Crippen molar-refractivity contribution < 1.29 is 13.2 Å². The predicted molar refractivity (Wildman–Crippen MR) is 96.2 cm³/mol. The van der Waals surface area contributed by atoms with E-state index >= 15 is 0 Å². The molecule has 6 heteroatoms. The summed E-state index contributed by atoms with van der Waals surface area (Å²) >= 11 is 0. The van der Waals surface area contributed by atoms with Crippen molar-refractivity contribution in [1.29, 1.82) is 0 Å². The largest absolute Gasteiger partial charge is 0.330 e. The zero-order chi connectivity index (χ0) is 18.0. The third-order valence-electron chi connectivity index (χ3n) is 4.65. The smallest absolute Gasteiger partial charge is 0.254 e. The van der Waals surface area contributed by atoms with E-state index in [0.717, 1.165) is 31.2 Å². The van der Waals surface area contributed by atoms with Gasteiger partial charge in [0.1, 0.15) is 0 Å². The first kappa shape index (κ1) is 17.6. The number of nitrogens with zero attached hydrogens (tertiary/aromatic N) is 2. The molecule has 3 rings (SSSR count). The van der Waals surface area contributed by atoms with Gasteiger partial charge in [0.15, 0.2) is 9.84 Å². The molecule has 1 aliphatic rings. The van der Waals surface area contributed by atoms with Crippen LogP contribution in [0.5, 0.6) is 0 Å². The second-order valence-electron chi connectivity index (χ2n) is 6.35. The van der Waals surface area contributed by atoms with Crippen LogP contribution in [0.2, 0.25) is 0 Å². The summed E-state index contributed by atoms with van der Waals surface area (Å²) in [6.45, 7) is 2.48. The molecule has 0 saturated heterocycles. The van der Waals surface area contributed by atoms with Crippen molar-refractivity contribution in [2.75, 3.05) is 12.8 Å². The Labute approximate surface area is 148 Å². The molecule has 1 aliphatic carbocycles. The molecule has 5 nitrogen and oxygen atoms in total. The van der Waals surface area contributed by atoms with Gasteiger partial charge in [-0.15, -0.1) is 0 Å². The molecule has 0 fully saturated rings. The Kier molecular flexibility index (Phi) is 4.90. The van der Waals surface area contributed by atoms with Gasteiger partial charge in [-0.05, 0) is 56.0 Å². The molecule has 0 unspecified atom stereocenters. The number of carbonyl (C=O) groups is 1. The third-order valence-corrected chi connectivity index (χ3v) is 5.76. The highest BCUT2D eigenvalue weighted by Gasteiger charge is 2.30. The van der Waals surface area contributed by atoms with Crippen LogP contribution in [0, 0.1) is 0 Å². The SMILES string of the molecule is CCN(C(=O)c1cccc(S(C)(=O)=O)c1)[C@H]1CCCc2cccnc21. The van der Waals surface area contributed by atoms with Crippen molar-refractivity contribution in [2.24, 2.45) is 0 Å². The van der Waals surface area contributed by atoms with E-state index in [1.54, 1.807) is 23.2 Å². The number of aryl methyl sites for hydroxylation is 1. The number of hydrogen-bond donors (Lipinski definition) is 0. The highest BCUT2D eigenvalue weighted by molar-refractivity contribution is 7.90. The van der Waals surface area contributed by atoms with Gasteiger partial charge in [-0.3, -0.25) is 9.78 Å². The zero-order valence-electron chi connectivity index (χ0n) is 14.5. The lowest BCUT2D eigenvalue weighted by Gasteiger charge is -2.34. The van der Waals surface area contributed by atoms with Gasteiger partial charge < -0.3 is 4.90 Å². The minimum atomic E-state index is -3.35. The molecule has 0 saturated carbocycles. The van der Waals surface area contributed by atoms with Gasteiger partial charge in [-0.1, -0.05) is 12.1 Å². The number of pyridine rings is 1. The van der Waals surface area contributed by atoms with E-state index in [-0.39, 0.29) is 16.8 Å². The molecular formula is C19H22N2O3S. The van der Waals surface area contributed by atoms with E-state index in [2.05, 4.69) is 11.1 Å². The van der Waals surface area contributed by atoms with Gasteiger partial charge in [-0.25, -0.2) is 8.42 Å². The molecule has 1 amide bonds. The Morgan fingerprint density at radius 2 is 2.08 bits per heavy atom. The number of rotatable bonds is 4. The Bertz CT molecular complexity index is 893. The van der Waals surface area contributed by atoms with Crippen LogP contribution in [0.3, 0.4) is 0 Å². The van der Waals surface area contributed by atoms with Crippen molar-refractivity contribution in [1.82, 2.24) is 9.88 Å². The molecule has 132 valence electrons. The fraction of sp³-hybridized carbons (Fsp3) is 0.368. The highest BCUT2D eigenvalue weighted by atomic mass is 32.2. The van der Waals surface area contributed by atoms with Crippen LogP contribution >= 0.6 is 0 Å². The van der Waals surface area contributed by atoms with E-state index in [4.69, 9.17) is 0 Å². The monoisotopic (exact) mass is 358 g/mol. The molecule has 1 aromatic carbocycles. The second-order valence-corrected chi connectivity index (χ2v) is 8.36. The number of hydrogen-bond acceptors (Lipinski definition) is 4. The maximum atomic E-state index is 13.1. The molecule has 25 heavy (non-hydrogen) atoms. The average Bonchev–Trinajstić information content (AvgIpc) is 2.62. The minimum Gasteiger partial charge on any atom is -0.330 e. The molecule has 0 radical (unpaired) electrons. The van der Waals surface area contributed by atoms with Crippen molar-refractivity contribution in [2.45, 2.75) is 37.1 Å². The Balaban J connectivity index is 1.96. The molecule has 1 heterocycles. The summed E-state index contributed by atoms with van der Waals surface area (Å²) in [4.78, 5) is 19.5. The van der Waals surface area contributed by atoms with E-state index in [0.29, 0.717) is 12.1 Å². The Morgan fingerprint density at radius 3 is 2.80 bits per heavy atom. The van der Waals surface area contributed by atoms with Gasteiger partial charge in [-0.2, -0.15) is 0 Å². The molecule has 0 spiro atoms. The van der Waals surface area contributed by atoms with Gasteiger partial charge in [0.05, 0.1) is 16.6 Å². The fourth-order valence-corrected chi connectivity index (χ4v) is 4.09. The van der Waals surface area contributed by atoms with Gasteiger partial charge in [0.25, 0.3) is 5.91 Å². The van der Waals surface area contributed by atoms with Crippen molar-refractivity contribution >= 4 is 15.7 Å². The number of sulfone groups is 1. The summed E-state index contributed by atoms with van der Waals surface area (Å²) in [5.74, 6) is -0.156. The fourth-order valence-electron chi connectivity index (χ4n) is 3.42. The predicted octanol–water partition coefficient (Wildman–Crippen LogP) is 3.02. The summed E-state index contributed by atoms with van der Waals surface area (Å²) in [5.41, 5.74) is 2.55. The van der Waals surface area contributed by atoms with Crippen LogP contribution in [0.1, 0.15) is 47.4 Å². The number of carbonyl (C=O) groups excluding carboxylic acids is 1. The van der Waals surface area contributed by atoms with E-state index in [1.807, 2.05) is 13.0 Å². The minimum absolute atomic E-state index is 0.0654. The summed E-state index contributed by atoms with van der Waals surface area (Å²) in [5, 5.41) is 0. The number of benzene rings is 1. The van der Waals surface area contributed by atoms with Crippen LogP contribution in [-0.2, 0) is 16.3 Å². The van der Waals surface area contributed by atoms with Crippen molar-refractivity contribution in [3.05, 3.63) is 59.4 Å². The number of aromatic nitrogens is 1. The van der Waals surface area contributed by atoms with Crippen LogP contribution in [0.15, 0.2) is 47.5 Å². The lowest BCUT2D eigenvalue weighted by Crippen LogP contribution is -2.37. The number of fused-ring (bicyclic) bond motifs is 1. The lowest BCUT2D eigenvalue weighted by molar-refractivity contribution is 0.0664. The van der Waals surface area contributed by atoms with E-state index in [1.165, 1.54) is 17.7 Å². The lowest BCUT2D eigenvalue weighted by atomic mass is 9.90. The van der Waals surface area contributed by atoms with Gasteiger partial charge >= 0.3 is 0 Å². The Morgan fingerprint density at radius 1 is 1.28 bits per heavy atom. The molecule has 0 N–H and O–H groups in total. The summed E-state index contributed by atoms with van der Waals surface area (Å²) in [6.07, 6.45) is 5.77. The summed E-state index contributed by atoms with van der Waals surface area (Å²) in [6, 6.07) is 10.2. The van der Waals surface area contributed by atoms with Crippen LogP contribution in [0.4, 0.5) is 0 Å². The molecular weight excluding hydrogens is 336 g/mol. The average molecular weight is 358 g/mol. The quantitative estimate of drug-likeness (QED) is 0.842. The van der Waals surface area contributed by atoms with Crippen molar-refractivity contribution in [3.8, 4) is 0 Å². The van der Waals surface area contributed by atoms with E-state index < -0.39 is 9.84 Å².